The summed E-state index contributed by atoms with van der Waals surface area (Å²) in [4.78, 5) is 21.5. The van der Waals surface area contributed by atoms with E-state index in [4.69, 9.17) is 10.5 Å². The Balaban J connectivity index is 3.00. The molecular formula is C10H13N3O4. The van der Waals surface area contributed by atoms with Crippen LogP contribution in [0, 0.1) is 10.1 Å². The summed E-state index contributed by atoms with van der Waals surface area (Å²) in [5, 5.41) is 13.2. The quantitative estimate of drug-likeness (QED) is 0.599. The van der Waals surface area contributed by atoms with Gasteiger partial charge in [0, 0.05) is 11.8 Å². The standard InChI is InChI=1S/C10H13N3O4/c1-6(11)10(14)12-7-3-4-9(17-2)8(5-7)13(15)16/h3-6H,11H2,1-2H3,(H,12,14)/t6-/m1/s1. The summed E-state index contributed by atoms with van der Waals surface area (Å²) in [5.41, 5.74) is 5.46. The number of nitro benzene ring substituents is 1. The van der Waals surface area contributed by atoms with Crippen molar-refractivity contribution in [2.75, 3.05) is 12.4 Å². The van der Waals surface area contributed by atoms with Gasteiger partial charge in [-0.2, -0.15) is 0 Å². The zero-order valence-corrected chi connectivity index (χ0v) is 9.47. The molecule has 7 nitrogen and oxygen atoms in total. The first kappa shape index (κ1) is 12.9. The van der Waals surface area contributed by atoms with Crippen molar-refractivity contribution in [2.24, 2.45) is 5.73 Å². The Kier molecular flexibility index (Phi) is 4.00. The second kappa shape index (κ2) is 5.26. The van der Waals surface area contributed by atoms with Gasteiger partial charge >= 0.3 is 5.69 Å². The van der Waals surface area contributed by atoms with Crippen LogP contribution in [0.3, 0.4) is 0 Å². The van der Waals surface area contributed by atoms with Crippen LogP contribution in [-0.2, 0) is 4.79 Å². The van der Waals surface area contributed by atoms with Crippen LogP contribution < -0.4 is 15.8 Å². The molecule has 0 bridgehead atoms. The number of nitrogens with two attached hydrogens (primary N) is 1. The van der Waals surface area contributed by atoms with E-state index >= 15 is 0 Å². The van der Waals surface area contributed by atoms with Crippen molar-refractivity contribution >= 4 is 17.3 Å². The van der Waals surface area contributed by atoms with Crippen molar-refractivity contribution in [3.63, 3.8) is 0 Å². The van der Waals surface area contributed by atoms with Gasteiger partial charge in [0.05, 0.1) is 18.1 Å². The van der Waals surface area contributed by atoms with Crippen molar-refractivity contribution < 1.29 is 14.5 Å². The molecule has 0 heterocycles. The Morgan fingerprint density at radius 1 is 1.59 bits per heavy atom. The molecule has 1 aromatic rings. The number of amides is 1. The lowest BCUT2D eigenvalue weighted by Gasteiger charge is -2.08. The smallest absolute Gasteiger partial charge is 0.312 e. The third kappa shape index (κ3) is 3.15. The van der Waals surface area contributed by atoms with Gasteiger partial charge < -0.3 is 15.8 Å². The Labute approximate surface area is 97.7 Å². The molecule has 3 N–H and O–H groups in total. The first-order valence-corrected chi connectivity index (χ1v) is 4.84. The fraction of sp³-hybridized carbons (Fsp3) is 0.300. The van der Waals surface area contributed by atoms with E-state index in [2.05, 4.69) is 5.32 Å². The van der Waals surface area contributed by atoms with Crippen LogP contribution in [-0.4, -0.2) is 24.0 Å². The van der Waals surface area contributed by atoms with Crippen LogP contribution >= 0.6 is 0 Å². The minimum absolute atomic E-state index is 0.133. The average Bonchev–Trinajstić information content (AvgIpc) is 2.28. The van der Waals surface area contributed by atoms with Crippen molar-refractivity contribution in [3.05, 3.63) is 28.3 Å². The molecule has 0 saturated carbocycles. The zero-order valence-electron chi connectivity index (χ0n) is 9.47. The van der Waals surface area contributed by atoms with Crippen molar-refractivity contribution in [2.45, 2.75) is 13.0 Å². The molecule has 0 spiro atoms. The topological polar surface area (TPSA) is 107 Å². The zero-order chi connectivity index (χ0) is 13.0. The minimum Gasteiger partial charge on any atom is -0.490 e. The van der Waals surface area contributed by atoms with E-state index in [0.717, 1.165) is 0 Å². The molecule has 0 unspecified atom stereocenters. The second-order valence-electron chi connectivity index (χ2n) is 3.42. The van der Waals surface area contributed by atoms with E-state index < -0.39 is 16.9 Å². The van der Waals surface area contributed by atoms with Crippen molar-refractivity contribution in [1.82, 2.24) is 0 Å². The Bertz CT molecular complexity index is 445. The number of ether oxygens (including phenoxy) is 1. The molecule has 1 atom stereocenters. The maximum absolute atomic E-state index is 11.3. The molecule has 0 saturated heterocycles. The number of carbonyl (C=O) groups is 1. The highest BCUT2D eigenvalue weighted by atomic mass is 16.6. The molecule has 0 aromatic heterocycles. The monoisotopic (exact) mass is 239 g/mol. The van der Waals surface area contributed by atoms with Gasteiger partial charge in [0.15, 0.2) is 5.75 Å². The highest BCUT2D eigenvalue weighted by Crippen LogP contribution is 2.29. The fourth-order valence-corrected chi connectivity index (χ4v) is 1.17. The number of nitro groups is 1. The SMILES string of the molecule is COc1ccc(NC(=O)[C@@H](C)N)cc1[N+](=O)[O-]. The van der Waals surface area contributed by atoms with Crippen LogP contribution in [0.2, 0.25) is 0 Å². The largest absolute Gasteiger partial charge is 0.490 e. The Hall–Kier alpha value is -2.15. The Morgan fingerprint density at radius 3 is 2.71 bits per heavy atom. The van der Waals surface area contributed by atoms with Gasteiger partial charge in [0.25, 0.3) is 0 Å². The molecule has 1 rings (SSSR count). The maximum Gasteiger partial charge on any atom is 0.312 e. The summed E-state index contributed by atoms with van der Waals surface area (Å²) in [6, 6.07) is 3.45. The number of hydrogen-bond acceptors (Lipinski definition) is 5. The normalized spacial score (nSPS) is 11.7. The number of nitrogens with one attached hydrogen (secondary N) is 1. The summed E-state index contributed by atoms with van der Waals surface area (Å²) >= 11 is 0. The third-order valence-corrected chi connectivity index (χ3v) is 2.06. The predicted molar refractivity (Wildman–Crippen MR) is 61.9 cm³/mol. The van der Waals surface area contributed by atoms with Gasteiger partial charge in [-0.1, -0.05) is 0 Å². The lowest BCUT2D eigenvalue weighted by atomic mass is 10.2. The molecule has 0 aliphatic heterocycles. The molecule has 0 aliphatic carbocycles. The number of nitrogens with zero attached hydrogens (tertiary/aromatic N) is 1. The van der Waals surface area contributed by atoms with Crippen LogP contribution in [0.4, 0.5) is 11.4 Å². The van der Waals surface area contributed by atoms with Crippen LogP contribution in [0.5, 0.6) is 5.75 Å². The minimum atomic E-state index is -0.684. The summed E-state index contributed by atoms with van der Waals surface area (Å²) in [6.07, 6.45) is 0. The third-order valence-electron chi connectivity index (χ3n) is 2.06. The number of methoxy groups -OCH3 is 1. The summed E-state index contributed by atoms with van der Waals surface area (Å²) < 4.78 is 4.83. The number of carbonyl (C=O) groups excluding carboxylic acids is 1. The van der Waals surface area contributed by atoms with Crippen molar-refractivity contribution in [3.8, 4) is 5.75 Å². The van der Waals surface area contributed by atoms with E-state index in [-0.39, 0.29) is 11.4 Å². The molecule has 1 amide bonds. The molecule has 0 radical (unpaired) electrons. The Morgan fingerprint density at radius 2 is 2.24 bits per heavy atom. The number of hydrogen-bond donors (Lipinski definition) is 2. The van der Waals surface area contributed by atoms with E-state index in [1.807, 2.05) is 0 Å². The van der Waals surface area contributed by atoms with Gasteiger partial charge in [-0.3, -0.25) is 14.9 Å². The lowest BCUT2D eigenvalue weighted by molar-refractivity contribution is -0.385. The van der Waals surface area contributed by atoms with Crippen molar-refractivity contribution in [1.29, 1.82) is 0 Å². The number of rotatable bonds is 4. The summed E-state index contributed by atoms with van der Waals surface area (Å²) in [5.74, 6) is -0.279. The van der Waals surface area contributed by atoms with E-state index in [0.29, 0.717) is 5.69 Å². The molecule has 17 heavy (non-hydrogen) atoms. The maximum atomic E-state index is 11.3. The predicted octanol–water partition coefficient (Wildman–Crippen LogP) is 0.889. The van der Waals surface area contributed by atoms with Gasteiger partial charge in [-0.05, 0) is 19.1 Å². The molecule has 1 aromatic carbocycles. The van der Waals surface area contributed by atoms with Crippen LogP contribution in [0.1, 0.15) is 6.92 Å². The molecular weight excluding hydrogens is 226 g/mol. The van der Waals surface area contributed by atoms with Gasteiger partial charge in [0.1, 0.15) is 0 Å². The van der Waals surface area contributed by atoms with Gasteiger partial charge in [-0.25, -0.2) is 0 Å². The highest BCUT2D eigenvalue weighted by molar-refractivity contribution is 5.94. The molecule has 7 heteroatoms. The molecule has 0 aliphatic rings. The van der Waals surface area contributed by atoms with Crippen LogP contribution in [0.15, 0.2) is 18.2 Å². The average molecular weight is 239 g/mol. The van der Waals surface area contributed by atoms with Crippen LogP contribution in [0.25, 0.3) is 0 Å². The number of anilines is 1. The summed E-state index contributed by atoms with van der Waals surface area (Å²) in [7, 11) is 1.34. The molecule has 92 valence electrons. The van der Waals surface area contributed by atoms with E-state index in [9.17, 15) is 14.9 Å². The fourth-order valence-electron chi connectivity index (χ4n) is 1.17. The highest BCUT2D eigenvalue weighted by Gasteiger charge is 2.16. The molecule has 0 fully saturated rings. The number of benzene rings is 1. The van der Waals surface area contributed by atoms with E-state index in [1.165, 1.54) is 32.2 Å². The first-order chi connectivity index (χ1) is 7.95. The lowest BCUT2D eigenvalue weighted by Crippen LogP contribution is -2.32. The second-order valence-corrected chi connectivity index (χ2v) is 3.42. The first-order valence-electron chi connectivity index (χ1n) is 4.84. The van der Waals surface area contributed by atoms with Gasteiger partial charge in [-0.15, -0.1) is 0 Å². The summed E-state index contributed by atoms with van der Waals surface area (Å²) in [6.45, 7) is 1.52. The van der Waals surface area contributed by atoms with E-state index in [1.54, 1.807) is 0 Å². The van der Waals surface area contributed by atoms with Gasteiger partial charge in [0.2, 0.25) is 5.91 Å².